The van der Waals surface area contributed by atoms with E-state index in [2.05, 4.69) is 19.2 Å². The molecule has 4 N–H and O–H groups in total. The minimum atomic E-state index is -0.921. The molecule has 0 aromatic rings. The number of carbonyl (C=O) groups is 1. The van der Waals surface area contributed by atoms with Crippen LogP contribution in [-0.2, 0) is 4.79 Å². The first kappa shape index (κ1) is 37.1. The molecule has 0 aliphatic rings. The molecule has 0 aromatic heterocycles. The van der Waals surface area contributed by atoms with Gasteiger partial charge in [-0.15, -0.1) is 0 Å². The van der Waals surface area contributed by atoms with E-state index >= 15 is 0 Å². The summed E-state index contributed by atoms with van der Waals surface area (Å²) in [7, 11) is 0. The van der Waals surface area contributed by atoms with Crippen LogP contribution in [0.2, 0.25) is 0 Å². The van der Waals surface area contributed by atoms with Crippen LogP contribution in [-0.4, -0.2) is 46.1 Å². The molecule has 0 radical (unpaired) electrons. The molecular formula is C33H65NO4. The molecule has 38 heavy (non-hydrogen) atoms. The summed E-state index contributed by atoms with van der Waals surface area (Å²) in [6, 6.07) is -0.736. The molecule has 3 atom stereocenters. The normalized spacial score (nSPS) is 14.1. The number of hydrogen-bond donors (Lipinski definition) is 4. The van der Waals surface area contributed by atoms with Gasteiger partial charge in [0.1, 0.15) is 0 Å². The Bertz CT molecular complexity index is 525. The average Bonchev–Trinajstić information content (AvgIpc) is 2.90. The van der Waals surface area contributed by atoms with Gasteiger partial charge in [0.05, 0.1) is 31.3 Å². The average molecular weight is 540 g/mol. The highest BCUT2D eigenvalue weighted by atomic mass is 16.3. The first-order chi connectivity index (χ1) is 18.5. The lowest BCUT2D eigenvalue weighted by atomic mass is 10.0. The zero-order valence-corrected chi connectivity index (χ0v) is 25.3. The molecule has 5 nitrogen and oxygen atoms in total. The molecule has 0 saturated heterocycles. The summed E-state index contributed by atoms with van der Waals surface area (Å²) in [6.45, 7) is 4.17. The molecule has 0 bridgehead atoms. The lowest BCUT2D eigenvalue weighted by molar-refractivity contribution is -0.124. The van der Waals surface area contributed by atoms with Crippen LogP contribution in [0.15, 0.2) is 12.2 Å². The quantitative estimate of drug-likeness (QED) is 0.0570. The van der Waals surface area contributed by atoms with E-state index in [1.54, 1.807) is 6.08 Å². The molecule has 5 heteroatoms. The molecule has 0 fully saturated rings. The van der Waals surface area contributed by atoms with Crippen LogP contribution in [0.4, 0.5) is 0 Å². The third kappa shape index (κ3) is 25.4. The van der Waals surface area contributed by atoms with E-state index < -0.39 is 18.2 Å². The highest BCUT2D eigenvalue weighted by Crippen LogP contribution is 2.14. The first-order valence-corrected chi connectivity index (χ1v) is 16.5. The fourth-order valence-electron chi connectivity index (χ4n) is 4.98. The number of unbranched alkanes of at least 4 members (excludes halogenated alkanes) is 20. The van der Waals surface area contributed by atoms with Gasteiger partial charge in [-0.2, -0.15) is 0 Å². The van der Waals surface area contributed by atoms with Gasteiger partial charge in [0.25, 0.3) is 0 Å². The van der Waals surface area contributed by atoms with Crippen LogP contribution in [0.25, 0.3) is 0 Å². The van der Waals surface area contributed by atoms with Crippen molar-refractivity contribution in [1.82, 2.24) is 5.32 Å². The Kier molecular flexibility index (Phi) is 28.4. The summed E-state index contributed by atoms with van der Waals surface area (Å²) in [4.78, 5) is 12.3. The predicted molar refractivity (Wildman–Crippen MR) is 162 cm³/mol. The van der Waals surface area contributed by atoms with Gasteiger partial charge in [0, 0.05) is 0 Å². The van der Waals surface area contributed by atoms with Gasteiger partial charge < -0.3 is 20.6 Å². The van der Waals surface area contributed by atoms with Gasteiger partial charge in [-0.3, -0.25) is 4.79 Å². The first-order valence-electron chi connectivity index (χ1n) is 16.5. The van der Waals surface area contributed by atoms with E-state index in [1.165, 1.54) is 116 Å². The van der Waals surface area contributed by atoms with Crippen molar-refractivity contribution >= 4 is 5.91 Å². The minimum Gasteiger partial charge on any atom is -0.394 e. The smallest absolute Gasteiger partial charge is 0.222 e. The molecule has 0 heterocycles. The van der Waals surface area contributed by atoms with E-state index in [0.717, 1.165) is 25.7 Å². The maximum atomic E-state index is 12.3. The van der Waals surface area contributed by atoms with Gasteiger partial charge in [-0.1, -0.05) is 154 Å². The van der Waals surface area contributed by atoms with Crippen molar-refractivity contribution in [3.63, 3.8) is 0 Å². The zero-order chi connectivity index (χ0) is 28.1. The van der Waals surface area contributed by atoms with Crippen LogP contribution in [0.5, 0.6) is 0 Å². The number of amides is 1. The van der Waals surface area contributed by atoms with E-state index in [4.69, 9.17) is 0 Å². The van der Waals surface area contributed by atoms with E-state index in [0.29, 0.717) is 6.42 Å². The molecule has 0 aliphatic heterocycles. The maximum absolute atomic E-state index is 12.3. The highest BCUT2D eigenvalue weighted by molar-refractivity contribution is 5.76. The van der Waals surface area contributed by atoms with Gasteiger partial charge in [-0.05, 0) is 19.3 Å². The van der Waals surface area contributed by atoms with Crippen molar-refractivity contribution in [3.8, 4) is 0 Å². The van der Waals surface area contributed by atoms with Crippen LogP contribution < -0.4 is 5.32 Å². The standard InChI is InChI=1S/C33H65NO4/c1-3-5-7-9-11-13-15-17-19-21-23-25-27-32(37)31(29-35)34-33(38)28-30(36)26-24-22-20-18-16-14-12-10-8-6-4-2/h25,27,30-32,35-37H,3-24,26,28-29H2,1-2H3,(H,34,38)/b27-25+. The van der Waals surface area contributed by atoms with Crippen molar-refractivity contribution in [3.05, 3.63) is 12.2 Å². The van der Waals surface area contributed by atoms with Crippen LogP contribution in [0, 0.1) is 0 Å². The van der Waals surface area contributed by atoms with Crippen molar-refractivity contribution in [2.75, 3.05) is 6.61 Å². The lowest BCUT2D eigenvalue weighted by Gasteiger charge is -2.21. The number of aliphatic hydroxyl groups is 3. The van der Waals surface area contributed by atoms with Gasteiger partial charge in [0.15, 0.2) is 0 Å². The fraction of sp³-hybridized carbons (Fsp3) is 0.909. The largest absolute Gasteiger partial charge is 0.394 e. The predicted octanol–water partition coefficient (Wildman–Crippen LogP) is 8.14. The molecule has 0 aliphatic carbocycles. The number of hydrogen-bond acceptors (Lipinski definition) is 4. The molecule has 0 spiro atoms. The number of rotatable bonds is 29. The number of carbonyl (C=O) groups excluding carboxylic acids is 1. The zero-order valence-electron chi connectivity index (χ0n) is 25.3. The van der Waals surface area contributed by atoms with Crippen LogP contribution in [0.1, 0.15) is 168 Å². The minimum absolute atomic E-state index is 0.0172. The third-order valence-corrected chi connectivity index (χ3v) is 7.57. The summed E-state index contributed by atoms with van der Waals surface area (Å²) in [6.07, 6.45) is 30.4. The van der Waals surface area contributed by atoms with Gasteiger partial charge >= 0.3 is 0 Å². The molecule has 3 unspecified atom stereocenters. The Morgan fingerprint density at radius 1 is 0.658 bits per heavy atom. The van der Waals surface area contributed by atoms with Crippen LogP contribution >= 0.6 is 0 Å². The van der Waals surface area contributed by atoms with Crippen molar-refractivity contribution in [2.45, 2.75) is 186 Å². The second-order valence-corrected chi connectivity index (χ2v) is 11.4. The summed E-state index contributed by atoms with van der Waals surface area (Å²) < 4.78 is 0. The van der Waals surface area contributed by atoms with E-state index in [-0.39, 0.29) is 18.9 Å². The second kappa shape index (κ2) is 29.1. The number of aliphatic hydroxyl groups excluding tert-OH is 3. The molecular weight excluding hydrogens is 474 g/mol. The number of nitrogens with one attached hydrogen (secondary N) is 1. The van der Waals surface area contributed by atoms with Crippen molar-refractivity contribution in [2.24, 2.45) is 0 Å². The SMILES string of the molecule is CCCCCCCCCCCC/C=C/C(O)C(CO)NC(=O)CC(O)CCCCCCCCCCCCC. The third-order valence-electron chi connectivity index (χ3n) is 7.57. The molecule has 0 saturated carbocycles. The molecule has 1 amide bonds. The maximum Gasteiger partial charge on any atom is 0.222 e. The Labute approximate surface area is 236 Å². The highest BCUT2D eigenvalue weighted by Gasteiger charge is 2.20. The Morgan fingerprint density at radius 3 is 1.53 bits per heavy atom. The van der Waals surface area contributed by atoms with E-state index in [9.17, 15) is 20.1 Å². The Morgan fingerprint density at radius 2 is 1.08 bits per heavy atom. The summed E-state index contributed by atoms with van der Waals surface area (Å²) in [5.41, 5.74) is 0. The van der Waals surface area contributed by atoms with Crippen molar-refractivity contribution in [1.29, 1.82) is 0 Å². The lowest BCUT2D eigenvalue weighted by Crippen LogP contribution is -2.45. The summed E-state index contributed by atoms with van der Waals surface area (Å²) in [5, 5.41) is 32.9. The van der Waals surface area contributed by atoms with Crippen LogP contribution in [0.3, 0.4) is 0 Å². The fourth-order valence-corrected chi connectivity index (χ4v) is 4.98. The van der Waals surface area contributed by atoms with Gasteiger partial charge in [-0.25, -0.2) is 0 Å². The van der Waals surface area contributed by atoms with Gasteiger partial charge in [0.2, 0.25) is 5.91 Å². The Hall–Kier alpha value is -0.910. The topological polar surface area (TPSA) is 89.8 Å². The van der Waals surface area contributed by atoms with Crippen molar-refractivity contribution < 1.29 is 20.1 Å². The molecule has 226 valence electrons. The Balaban J connectivity index is 3.78. The number of allylic oxidation sites excluding steroid dienone is 1. The monoisotopic (exact) mass is 539 g/mol. The molecule has 0 aromatic carbocycles. The molecule has 0 rings (SSSR count). The summed E-state index contributed by atoms with van der Waals surface area (Å²) >= 11 is 0. The summed E-state index contributed by atoms with van der Waals surface area (Å²) in [5.74, 6) is -0.318. The second-order valence-electron chi connectivity index (χ2n) is 11.4. The van der Waals surface area contributed by atoms with E-state index in [1.807, 2.05) is 6.08 Å².